The highest BCUT2D eigenvalue weighted by molar-refractivity contribution is 5.66. The second kappa shape index (κ2) is 8.53. The number of hydrogen-bond donors (Lipinski definition) is 2. The fraction of sp³-hybridized carbons (Fsp3) is 0.318. The summed E-state index contributed by atoms with van der Waals surface area (Å²) in [6.07, 6.45) is 6.70. The number of aromatic nitrogens is 3. The van der Waals surface area contributed by atoms with Crippen molar-refractivity contribution in [2.75, 3.05) is 24.6 Å². The Balaban J connectivity index is 1.73. The predicted molar refractivity (Wildman–Crippen MR) is 113 cm³/mol. The van der Waals surface area contributed by atoms with Gasteiger partial charge < -0.3 is 11.1 Å². The highest BCUT2D eigenvalue weighted by Crippen LogP contribution is 2.37. The summed E-state index contributed by atoms with van der Waals surface area (Å²) in [6.45, 7) is 1.70. The third-order valence-corrected chi connectivity index (χ3v) is 5.40. The minimum Gasteiger partial charge on any atom is -0.373 e. The van der Waals surface area contributed by atoms with Crippen LogP contribution in [0, 0.1) is 5.82 Å². The van der Waals surface area contributed by atoms with E-state index in [1.807, 2.05) is 19.2 Å². The van der Waals surface area contributed by atoms with Gasteiger partial charge in [0.2, 0.25) is 5.95 Å². The monoisotopic (exact) mass is 392 g/mol. The van der Waals surface area contributed by atoms with Gasteiger partial charge in [-0.05, 0) is 43.1 Å². The number of likely N-dealkylation sites (tertiary alicyclic amines) is 1. The first-order valence-corrected chi connectivity index (χ1v) is 9.89. The van der Waals surface area contributed by atoms with Crippen molar-refractivity contribution in [2.24, 2.45) is 0 Å². The van der Waals surface area contributed by atoms with Gasteiger partial charge in [0, 0.05) is 37.1 Å². The molecule has 0 spiro atoms. The van der Waals surface area contributed by atoms with E-state index in [-0.39, 0.29) is 17.8 Å². The zero-order chi connectivity index (χ0) is 20.2. The molecule has 29 heavy (non-hydrogen) atoms. The van der Waals surface area contributed by atoms with Crippen LogP contribution in [0.4, 0.5) is 16.2 Å². The molecule has 0 saturated carbocycles. The average Bonchev–Trinajstić information content (AvgIpc) is 2.74. The quantitative estimate of drug-likeness (QED) is 0.682. The molecule has 0 radical (unpaired) electrons. The number of halogens is 1. The Morgan fingerprint density at radius 2 is 2.10 bits per heavy atom. The molecule has 6 nitrogen and oxygen atoms in total. The molecule has 1 aromatic carbocycles. The SMILES string of the molecule is CNc1ncccc1CN1CCCC[C@H]1c1nc(N)ncc1-c1cccc(F)c1. The van der Waals surface area contributed by atoms with Gasteiger partial charge >= 0.3 is 0 Å². The first-order chi connectivity index (χ1) is 14.2. The van der Waals surface area contributed by atoms with Crippen LogP contribution in [0.15, 0.2) is 48.8 Å². The molecular formula is C22H25FN6. The Labute approximate surface area is 170 Å². The van der Waals surface area contributed by atoms with Crippen LogP contribution in [0.25, 0.3) is 11.1 Å². The summed E-state index contributed by atoms with van der Waals surface area (Å²) in [5.41, 5.74) is 9.54. The molecular weight excluding hydrogens is 367 g/mol. The number of nitrogens with zero attached hydrogens (tertiary/aromatic N) is 4. The van der Waals surface area contributed by atoms with E-state index in [0.29, 0.717) is 0 Å². The van der Waals surface area contributed by atoms with Gasteiger partial charge in [0.1, 0.15) is 11.6 Å². The molecule has 3 aromatic rings. The molecule has 3 N–H and O–H groups in total. The van der Waals surface area contributed by atoms with Crippen molar-refractivity contribution in [3.05, 3.63) is 65.9 Å². The molecule has 3 heterocycles. The first-order valence-electron chi connectivity index (χ1n) is 9.89. The summed E-state index contributed by atoms with van der Waals surface area (Å²) in [7, 11) is 1.88. The van der Waals surface area contributed by atoms with Crippen molar-refractivity contribution in [3.63, 3.8) is 0 Å². The maximum Gasteiger partial charge on any atom is 0.220 e. The van der Waals surface area contributed by atoms with E-state index >= 15 is 0 Å². The van der Waals surface area contributed by atoms with E-state index < -0.39 is 0 Å². The number of hydrogen-bond acceptors (Lipinski definition) is 6. The van der Waals surface area contributed by atoms with E-state index in [4.69, 9.17) is 5.73 Å². The first kappa shape index (κ1) is 19.3. The summed E-state index contributed by atoms with van der Waals surface area (Å²) in [4.78, 5) is 15.6. The fourth-order valence-corrected chi connectivity index (χ4v) is 4.04. The van der Waals surface area contributed by atoms with Crippen molar-refractivity contribution < 1.29 is 4.39 Å². The maximum absolute atomic E-state index is 13.9. The zero-order valence-electron chi connectivity index (χ0n) is 16.5. The van der Waals surface area contributed by atoms with E-state index in [2.05, 4.69) is 31.2 Å². The van der Waals surface area contributed by atoms with Crippen molar-refractivity contribution in [3.8, 4) is 11.1 Å². The van der Waals surface area contributed by atoms with Crippen LogP contribution in [-0.4, -0.2) is 33.4 Å². The number of rotatable bonds is 5. The van der Waals surface area contributed by atoms with Gasteiger partial charge in [-0.1, -0.05) is 24.6 Å². The van der Waals surface area contributed by atoms with Gasteiger partial charge in [0.25, 0.3) is 0 Å². The molecule has 1 aliphatic rings. The second-order valence-corrected chi connectivity index (χ2v) is 7.28. The Kier molecular flexibility index (Phi) is 5.67. The molecule has 0 aliphatic carbocycles. The standard InChI is InChI=1S/C22H25FN6/c1-25-21-16(7-5-10-26-21)14-29-11-3-2-9-19(29)20-18(13-27-22(24)28-20)15-6-4-8-17(23)12-15/h4-8,10,12-13,19H,2-3,9,11,14H2,1H3,(H,25,26)(H2,24,27,28)/t19-/m0/s1. The molecule has 1 aliphatic heterocycles. The van der Waals surface area contributed by atoms with Gasteiger partial charge in [-0.3, -0.25) is 4.90 Å². The Morgan fingerprint density at radius 1 is 1.21 bits per heavy atom. The van der Waals surface area contributed by atoms with Gasteiger partial charge in [-0.25, -0.2) is 19.3 Å². The van der Waals surface area contributed by atoms with E-state index in [0.717, 1.165) is 60.6 Å². The molecule has 1 saturated heterocycles. The van der Waals surface area contributed by atoms with Gasteiger partial charge in [0.15, 0.2) is 0 Å². The third kappa shape index (κ3) is 4.19. The van der Waals surface area contributed by atoms with E-state index in [1.165, 1.54) is 12.1 Å². The topological polar surface area (TPSA) is 80.0 Å². The van der Waals surface area contributed by atoms with Crippen LogP contribution in [0.1, 0.15) is 36.6 Å². The van der Waals surface area contributed by atoms with Crippen LogP contribution in [0.5, 0.6) is 0 Å². The van der Waals surface area contributed by atoms with Crippen LogP contribution in [0.2, 0.25) is 0 Å². The Bertz CT molecular complexity index is 993. The molecule has 2 aromatic heterocycles. The average molecular weight is 392 g/mol. The summed E-state index contributed by atoms with van der Waals surface area (Å²) >= 11 is 0. The van der Waals surface area contributed by atoms with Gasteiger partial charge in [-0.2, -0.15) is 0 Å². The van der Waals surface area contributed by atoms with E-state index in [1.54, 1.807) is 18.5 Å². The number of pyridine rings is 1. The summed E-state index contributed by atoms with van der Waals surface area (Å²) < 4.78 is 13.9. The second-order valence-electron chi connectivity index (χ2n) is 7.28. The predicted octanol–water partition coefficient (Wildman–Crippen LogP) is 4.03. The Morgan fingerprint density at radius 3 is 2.93 bits per heavy atom. The zero-order valence-corrected chi connectivity index (χ0v) is 16.5. The van der Waals surface area contributed by atoms with Crippen molar-refractivity contribution >= 4 is 11.8 Å². The molecule has 0 bridgehead atoms. The normalized spacial score (nSPS) is 17.2. The number of anilines is 2. The molecule has 150 valence electrons. The van der Waals surface area contributed by atoms with Crippen molar-refractivity contribution in [2.45, 2.75) is 31.8 Å². The highest BCUT2D eigenvalue weighted by atomic mass is 19.1. The maximum atomic E-state index is 13.9. The van der Waals surface area contributed by atoms with Crippen LogP contribution in [-0.2, 0) is 6.54 Å². The fourth-order valence-electron chi connectivity index (χ4n) is 4.04. The van der Waals surface area contributed by atoms with Crippen molar-refractivity contribution in [1.82, 2.24) is 19.9 Å². The lowest BCUT2D eigenvalue weighted by Crippen LogP contribution is -2.34. The van der Waals surface area contributed by atoms with Crippen LogP contribution in [0.3, 0.4) is 0 Å². The molecule has 1 fully saturated rings. The molecule has 4 rings (SSSR count). The minimum atomic E-state index is -0.278. The number of nitrogens with two attached hydrogens (primary N) is 1. The summed E-state index contributed by atoms with van der Waals surface area (Å²) in [6, 6.07) is 10.7. The number of nitrogen functional groups attached to an aromatic ring is 1. The summed E-state index contributed by atoms with van der Waals surface area (Å²) in [5, 5.41) is 3.17. The lowest BCUT2D eigenvalue weighted by Gasteiger charge is -2.36. The number of benzene rings is 1. The number of piperidine rings is 1. The van der Waals surface area contributed by atoms with Crippen LogP contribution < -0.4 is 11.1 Å². The highest BCUT2D eigenvalue weighted by Gasteiger charge is 2.28. The van der Waals surface area contributed by atoms with Gasteiger partial charge in [-0.15, -0.1) is 0 Å². The smallest absolute Gasteiger partial charge is 0.220 e. The lowest BCUT2D eigenvalue weighted by molar-refractivity contribution is 0.138. The molecule has 0 amide bonds. The number of nitrogens with one attached hydrogen (secondary N) is 1. The molecule has 0 unspecified atom stereocenters. The van der Waals surface area contributed by atoms with Gasteiger partial charge in [0.05, 0.1) is 11.7 Å². The van der Waals surface area contributed by atoms with E-state index in [9.17, 15) is 4.39 Å². The van der Waals surface area contributed by atoms with Crippen LogP contribution >= 0.6 is 0 Å². The molecule has 7 heteroatoms. The Hall–Kier alpha value is -3.06. The minimum absolute atomic E-state index is 0.0808. The third-order valence-electron chi connectivity index (χ3n) is 5.40. The lowest BCUT2D eigenvalue weighted by atomic mass is 9.93. The molecule has 1 atom stereocenters. The van der Waals surface area contributed by atoms with Crippen molar-refractivity contribution in [1.29, 1.82) is 0 Å². The largest absolute Gasteiger partial charge is 0.373 e. The summed E-state index contributed by atoms with van der Waals surface area (Å²) in [5.74, 6) is 0.840.